The Balaban J connectivity index is 1.86. The van der Waals surface area contributed by atoms with Gasteiger partial charge in [0.2, 0.25) is 0 Å². The van der Waals surface area contributed by atoms with E-state index in [1.165, 1.54) is 24.1 Å². The Morgan fingerprint density at radius 2 is 1.60 bits per heavy atom. The predicted octanol–water partition coefficient (Wildman–Crippen LogP) is 6.43. The molecule has 0 radical (unpaired) electrons. The Morgan fingerprint density at radius 3 is 2.17 bits per heavy atom. The monoisotopic (exact) mass is 541 g/mol. The number of ether oxygens (including phenoxy) is 2. The van der Waals surface area contributed by atoms with Crippen molar-refractivity contribution in [2.24, 2.45) is 5.92 Å². The molecule has 0 aliphatic carbocycles. The first-order chi connectivity index (χ1) is 18.9. The van der Waals surface area contributed by atoms with E-state index in [0.717, 1.165) is 5.56 Å². The topological polar surface area (TPSA) is 93.1 Å². The molecule has 1 heterocycles. The summed E-state index contributed by atoms with van der Waals surface area (Å²) in [7, 11) is 1.29. The summed E-state index contributed by atoms with van der Waals surface area (Å²) >= 11 is 0. The van der Waals surface area contributed by atoms with Crippen molar-refractivity contribution < 1.29 is 29.0 Å². The van der Waals surface area contributed by atoms with Gasteiger partial charge < -0.3 is 14.6 Å². The molecule has 1 aliphatic heterocycles. The highest BCUT2D eigenvalue weighted by Crippen LogP contribution is 2.43. The molecule has 1 amide bonds. The summed E-state index contributed by atoms with van der Waals surface area (Å²) in [6.45, 7) is 10.9. The molecule has 1 aliphatic rings. The third kappa shape index (κ3) is 5.78. The zero-order valence-electron chi connectivity index (χ0n) is 23.7. The lowest BCUT2D eigenvalue weighted by Gasteiger charge is -2.26. The molecule has 1 N–H and O–H groups in total. The van der Waals surface area contributed by atoms with Gasteiger partial charge in [0.05, 0.1) is 30.9 Å². The van der Waals surface area contributed by atoms with Crippen LogP contribution < -0.4 is 9.64 Å². The van der Waals surface area contributed by atoms with Crippen LogP contribution in [0.1, 0.15) is 67.7 Å². The van der Waals surface area contributed by atoms with Crippen molar-refractivity contribution in [3.05, 3.63) is 101 Å². The second-order valence-corrected chi connectivity index (χ2v) is 11.3. The van der Waals surface area contributed by atoms with Crippen LogP contribution in [0, 0.1) is 5.92 Å². The Bertz CT molecular complexity index is 1450. The zero-order chi connectivity index (χ0) is 29.2. The Hall–Kier alpha value is -4.39. The minimum absolute atomic E-state index is 0.0217. The Kier molecular flexibility index (Phi) is 8.14. The second kappa shape index (κ2) is 11.4. The van der Waals surface area contributed by atoms with Gasteiger partial charge in [0.1, 0.15) is 11.5 Å². The van der Waals surface area contributed by atoms with Gasteiger partial charge in [-0.05, 0) is 58.9 Å². The number of hydrogen-bond acceptors (Lipinski definition) is 6. The molecule has 3 aromatic rings. The number of Topliss-reactive ketones (excluding diaryl/α,β-unsaturated/α-hetero) is 1. The third-order valence-electron chi connectivity index (χ3n) is 6.79. The van der Waals surface area contributed by atoms with Crippen LogP contribution in [-0.4, -0.2) is 36.5 Å². The van der Waals surface area contributed by atoms with Crippen molar-refractivity contribution in [2.75, 3.05) is 18.6 Å². The molecule has 7 nitrogen and oxygen atoms in total. The molecular formula is C33H35NO6. The summed E-state index contributed by atoms with van der Waals surface area (Å²) in [6.07, 6.45) is 0. The van der Waals surface area contributed by atoms with Crippen molar-refractivity contribution in [1.82, 2.24) is 0 Å². The van der Waals surface area contributed by atoms with Crippen LogP contribution in [-0.2, 0) is 19.7 Å². The van der Waals surface area contributed by atoms with Gasteiger partial charge in [0.25, 0.3) is 11.7 Å². The van der Waals surface area contributed by atoms with Gasteiger partial charge in [0.15, 0.2) is 0 Å². The molecule has 0 saturated carbocycles. The third-order valence-corrected chi connectivity index (χ3v) is 6.79. The number of amides is 1. The number of aliphatic hydroxyl groups excluding tert-OH is 1. The predicted molar refractivity (Wildman–Crippen MR) is 154 cm³/mol. The van der Waals surface area contributed by atoms with Crippen LogP contribution >= 0.6 is 0 Å². The number of carbonyl (C=O) groups excluding carboxylic acids is 3. The lowest BCUT2D eigenvalue weighted by atomic mass is 9.85. The summed E-state index contributed by atoms with van der Waals surface area (Å²) in [5, 5.41) is 11.5. The van der Waals surface area contributed by atoms with Gasteiger partial charge in [-0.1, -0.05) is 71.0 Å². The molecule has 1 fully saturated rings. The summed E-state index contributed by atoms with van der Waals surface area (Å²) in [6, 6.07) is 19.9. The highest BCUT2D eigenvalue weighted by atomic mass is 16.5. The van der Waals surface area contributed by atoms with Crippen LogP contribution in [0.25, 0.3) is 5.76 Å². The molecule has 1 atom stereocenters. The molecule has 1 saturated heterocycles. The minimum Gasteiger partial charge on any atom is -0.507 e. The van der Waals surface area contributed by atoms with Crippen molar-refractivity contribution in [1.29, 1.82) is 0 Å². The average Bonchev–Trinajstić information content (AvgIpc) is 3.20. The Labute approximate surface area is 235 Å². The molecule has 40 heavy (non-hydrogen) atoms. The van der Waals surface area contributed by atoms with Gasteiger partial charge in [-0.3, -0.25) is 14.5 Å². The standard InChI is InChI=1S/C33H35NO6/c1-20(2)19-40-26-9-7-8-23(18-26)29(35)27-28(21-10-14-24(15-11-21)33(3,4)5)34(31(37)30(27)36)25-16-12-22(13-17-25)32(38)39-6/h7-18,20,28,35H,19H2,1-6H3/b29-27+. The van der Waals surface area contributed by atoms with Crippen molar-refractivity contribution in [3.8, 4) is 5.75 Å². The number of methoxy groups -OCH3 is 1. The molecule has 0 aromatic heterocycles. The highest BCUT2D eigenvalue weighted by molar-refractivity contribution is 6.51. The molecule has 208 valence electrons. The summed E-state index contributed by atoms with van der Waals surface area (Å²) in [5.74, 6) is -1.51. The van der Waals surface area contributed by atoms with Crippen molar-refractivity contribution in [2.45, 2.75) is 46.1 Å². The number of anilines is 1. The van der Waals surface area contributed by atoms with Crippen LogP contribution in [0.4, 0.5) is 5.69 Å². The fourth-order valence-electron chi connectivity index (χ4n) is 4.61. The van der Waals surface area contributed by atoms with E-state index in [1.807, 2.05) is 38.1 Å². The van der Waals surface area contributed by atoms with Gasteiger partial charge in [-0.15, -0.1) is 0 Å². The van der Waals surface area contributed by atoms with Crippen LogP contribution in [0.2, 0.25) is 0 Å². The largest absolute Gasteiger partial charge is 0.507 e. The molecule has 0 bridgehead atoms. The van der Waals surface area contributed by atoms with E-state index in [-0.39, 0.29) is 16.7 Å². The van der Waals surface area contributed by atoms with Gasteiger partial charge in [-0.2, -0.15) is 0 Å². The second-order valence-electron chi connectivity index (χ2n) is 11.3. The quantitative estimate of drug-likeness (QED) is 0.160. The average molecular weight is 542 g/mol. The lowest BCUT2D eigenvalue weighted by molar-refractivity contribution is -0.132. The molecule has 1 unspecified atom stereocenters. The first kappa shape index (κ1) is 28.6. The SMILES string of the molecule is COC(=O)c1ccc(N2C(=O)C(=O)/C(=C(/O)c3cccc(OCC(C)C)c3)C2c2ccc(C(C)(C)C)cc2)cc1. The first-order valence-electron chi connectivity index (χ1n) is 13.3. The van der Waals surface area contributed by atoms with E-state index in [9.17, 15) is 19.5 Å². The van der Waals surface area contributed by atoms with Crippen molar-refractivity contribution in [3.63, 3.8) is 0 Å². The van der Waals surface area contributed by atoms with E-state index in [1.54, 1.807) is 36.4 Å². The number of aliphatic hydroxyl groups is 1. The van der Waals surface area contributed by atoms with E-state index in [0.29, 0.717) is 40.7 Å². The highest BCUT2D eigenvalue weighted by Gasteiger charge is 2.47. The van der Waals surface area contributed by atoms with Crippen LogP contribution in [0.3, 0.4) is 0 Å². The maximum Gasteiger partial charge on any atom is 0.337 e. The van der Waals surface area contributed by atoms with Crippen molar-refractivity contribution >= 4 is 29.1 Å². The smallest absolute Gasteiger partial charge is 0.337 e. The normalized spacial score (nSPS) is 16.9. The fraction of sp³-hybridized carbons (Fsp3) is 0.303. The maximum absolute atomic E-state index is 13.5. The summed E-state index contributed by atoms with van der Waals surface area (Å²) in [4.78, 5) is 40.3. The zero-order valence-corrected chi connectivity index (χ0v) is 23.7. The summed E-state index contributed by atoms with van der Waals surface area (Å²) in [5.41, 5.74) is 2.73. The molecule has 4 rings (SSSR count). The first-order valence-corrected chi connectivity index (χ1v) is 13.3. The van der Waals surface area contributed by atoms with Gasteiger partial charge in [0, 0.05) is 11.3 Å². The fourth-order valence-corrected chi connectivity index (χ4v) is 4.61. The van der Waals surface area contributed by atoms with Gasteiger partial charge >= 0.3 is 5.97 Å². The minimum atomic E-state index is -0.891. The molecule has 0 spiro atoms. The Morgan fingerprint density at radius 1 is 0.950 bits per heavy atom. The maximum atomic E-state index is 13.5. The number of hydrogen-bond donors (Lipinski definition) is 1. The number of rotatable bonds is 7. The number of ketones is 1. The van der Waals surface area contributed by atoms with Gasteiger partial charge in [-0.25, -0.2) is 4.79 Å². The molecule has 3 aromatic carbocycles. The lowest BCUT2D eigenvalue weighted by Crippen LogP contribution is -2.29. The van der Waals surface area contributed by atoms with E-state index in [4.69, 9.17) is 9.47 Å². The number of nitrogens with zero attached hydrogens (tertiary/aromatic N) is 1. The summed E-state index contributed by atoms with van der Waals surface area (Å²) < 4.78 is 10.6. The van der Waals surface area contributed by atoms with Crippen LogP contribution in [0.15, 0.2) is 78.4 Å². The molecule has 7 heteroatoms. The van der Waals surface area contributed by atoms with E-state index in [2.05, 4.69) is 20.8 Å². The van der Waals surface area contributed by atoms with E-state index < -0.39 is 23.7 Å². The number of carbonyl (C=O) groups is 3. The van der Waals surface area contributed by atoms with Crippen LogP contribution in [0.5, 0.6) is 5.75 Å². The molecular weight excluding hydrogens is 506 g/mol. The van der Waals surface area contributed by atoms with E-state index >= 15 is 0 Å². The number of esters is 1. The number of benzene rings is 3.